The fraction of sp³-hybridized carbons (Fsp3) is 0.474. The van der Waals surface area contributed by atoms with Crippen LogP contribution in [0.5, 0.6) is 0 Å². The largest absolute Gasteiger partial charge is 0.369 e. The quantitative estimate of drug-likeness (QED) is 0.708. The molecule has 1 spiro atoms. The molecule has 0 radical (unpaired) electrons. The lowest BCUT2D eigenvalue weighted by Gasteiger charge is -2.29. The van der Waals surface area contributed by atoms with Crippen molar-refractivity contribution in [2.24, 2.45) is 11.8 Å². The molecule has 2 bridgehead atoms. The van der Waals surface area contributed by atoms with Crippen LogP contribution in [0.15, 0.2) is 28.7 Å². The number of thiophene rings is 1. The number of carbonyl (C=O) groups excluding carboxylic acids is 1. The van der Waals surface area contributed by atoms with E-state index in [1.807, 2.05) is 0 Å². The fourth-order valence-electron chi connectivity index (χ4n) is 5.28. The summed E-state index contributed by atoms with van der Waals surface area (Å²) in [4.78, 5) is 28.8. The molecule has 3 aliphatic heterocycles. The van der Waals surface area contributed by atoms with Gasteiger partial charge in [-0.3, -0.25) is 4.79 Å². The van der Waals surface area contributed by atoms with Gasteiger partial charge in [-0.05, 0) is 24.3 Å². The zero-order valence-corrected chi connectivity index (χ0v) is 16.7. The third-order valence-electron chi connectivity index (χ3n) is 6.49. The first-order chi connectivity index (χ1) is 13.7. The summed E-state index contributed by atoms with van der Waals surface area (Å²) in [6.45, 7) is 2.42. The zero-order valence-electron chi connectivity index (χ0n) is 15.1. The third kappa shape index (κ3) is 2.42. The van der Waals surface area contributed by atoms with E-state index in [4.69, 9.17) is 4.74 Å². The normalized spacial score (nSPS) is 30.9. The molecule has 144 valence electrons. The fourth-order valence-corrected chi connectivity index (χ4v) is 6.54. The molecule has 0 aromatic carbocycles. The van der Waals surface area contributed by atoms with Gasteiger partial charge in [-0.25, -0.2) is 15.0 Å². The van der Waals surface area contributed by atoms with E-state index in [0.29, 0.717) is 24.1 Å². The first-order valence-electron chi connectivity index (χ1n) is 9.51. The van der Waals surface area contributed by atoms with Crippen molar-refractivity contribution in [1.29, 1.82) is 0 Å². The summed E-state index contributed by atoms with van der Waals surface area (Å²) >= 11 is 3.08. The minimum Gasteiger partial charge on any atom is -0.369 e. The first kappa shape index (κ1) is 16.8. The summed E-state index contributed by atoms with van der Waals surface area (Å²) < 4.78 is 6.52. The lowest BCUT2D eigenvalue weighted by atomic mass is 9.73. The Labute approximate surface area is 169 Å². The molecule has 6 rings (SSSR count). The van der Waals surface area contributed by atoms with Crippen LogP contribution in [0.1, 0.15) is 23.3 Å². The first-order valence-corrected chi connectivity index (χ1v) is 11.3. The van der Waals surface area contributed by atoms with Crippen LogP contribution in [0.25, 0.3) is 10.2 Å². The van der Waals surface area contributed by atoms with Gasteiger partial charge in [0.05, 0.1) is 22.6 Å². The summed E-state index contributed by atoms with van der Waals surface area (Å²) in [6, 6.07) is 2.10. The van der Waals surface area contributed by atoms with Crippen LogP contribution in [0, 0.1) is 11.8 Å². The zero-order chi connectivity index (χ0) is 18.7. The molecule has 3 saturated heterocycles. The highest BCUT2D eigenvalue weighted by molar-refractivity contribution is 7.16. The second-order valence-electron chi connectivity index (χ2n) is 7.83. The van der Waals surface area contributed by atoms with Gasteiger partial charge in [-0.2, -0.15) is 0 Å². The van der Waals surface area contributed by atoms with Gasteiger partial charge < -0.3 is 15.0 Å². The van der Waals surface area contributed by atoms with Gasteiger partial charge in [0.25, 0.3) is 5.91 Å². The second kappa shape index (κ2) is 6.20. The molecule has 7 nitrogen and oxygen atoms in total. The number of amides is 1. The Morgan fingerprint density at radius 3 is 3.25 bits per heavy atom. The molecule has 28 heavy (non-hydrogen) atoms. The Morgan fingerprint density at radius 2 is 2.36 bits per heavy atom. The van der Waals surface area contributed by atoms with Crippen LogP contribution in [-0.2, 0) is 4.74 Å². The molecular formula is C19H19N5O2S2. The van der Waals surface area contributed by atoms with E-state index in [1.54, 1.807) is 28.6 Å². The number of thiazole rings is 1. The van der Waals surface area contributed by atoms with Gasteiger partial charge in [-0.15, -0.1) is 22.7 Å². The topological polar surface area (TPSA) is 80.2 Å². The standard InChI is InChI=1S/C19H19N5O2S2/c25-17(14-7-27-10-23-14)20-5-12-13-6-24(8-19(13)3-1-15(12)26-19)16-11-2-4-28-18(11)22-9-21-16/h2,4,7,9-10,12-13,15H,1,3,5-6,8H2,(H,20,25)/t12-,13+,15+,19+/m0/s1. The highest BCUT2D eigenvalue weighted by Gasteiger charge is 2.63. The third-order valence-corrected chi connectivity index (χ3v) is 7.89. The SMILES string of the molecule is O=C(NC[C@H]1[C@H]2CN(c3ncnc4sccc34)C[C@]23CC[C@H]1O3)c1cscn1. The van der Waals surface area contributed by atoms with Gasteiger partial charge >= 0.3 is 0 Å². The van der Waals surface area contributed by atoms with E-state index in [0.717, 1.165) is 42.0 Å². The van der Waals surface area contributed by atoms with E-state index in [2.05, 4.69) is 36.6 Å². The second-order valence-corrected chi connectivity index (χ2v) is 9.44. The van der Waals surface area contributed by atoms with E-state index in [9.17, 15) is 4.79 Å². The van der Waals surface area contributed by atoms with E-state index in [-0.39, 0.29) is 17.6 Å². The maximum atomic E-state index is 12.3. The number of carbonyl (C=O) groups is 1. The molecular weight excluding hydrogens is 394 g/mol. The molecule has 0 unspecified atom stereocenters. The highest BCUT2D eigenvalue weighted by Crippen LogP contribution is 2.55. The van der Waals surface area contributed by atoms with Gasteiger partial charge in [0.1, 0.15) is 22.7 Å². The summed E-state index contributed by atoms with van der Waals surface area (Å²) in [7, 11) is 0. The van der Waals surface area contributed by atoms with Crippen molar-refractivity contribution in [2.45, 2.75) is 24.5 Å². The van der Waals surface area contributed by atoms with Crippen LogP contribution in [0.3, 0.4) is 0 Å². The van der Waals surface area contributed by atoms with Crippen LogP contribution >= 0.6 is 22.7 Å². The average molecular weight is 414 g/mol. The van der Waals surface area contributed by atoms with Gasteiger partial charge in [0.15, 0.2) is 0 Å². The summed E-state index contributed by atoms with van der Waals surface area (Å²) in [5, 5.41) is 8.05. The number of rotatable bonds is 4. The highest BCUT2D eigenvalue weighted by atomic mass is 32.1. The molecule has 0 aliphatic carbocycles. The summed E-state index contributed by atoms with van der Waals surface area (Å²) in [5.74, 6) is 1.66. The van der Waals surface area contributed by atoms with Crippen LogP contribution in [-0.4, -0.2) is 52.2 Å². The van der Waals surface area contributed by atoms with Gasteiger partial charge in [-0.1, -0.05) is 0 Å². The van der Waals surface area contributed by atoms with Gasteiger partial charge in [0, 0.05) is 36.9 Å². The monoisotopic (exact) mass is 413 g/mol. The predicted octanol–water partition coefficient (Wildman–Crippen LogP) is 2.56. The van der Waals surface area contributed by atoms with Crippen molar-refractivity contribution in [3.8, 4) is 0 Å². The summed E-state index contributed by atoms with van der Waals surface area (Å²) in [6.07, 6.45) is 4.06. The summed E-state index contributed by atoms with van der Waals surface area (Å²) in [5.41, 5.74) is 2.08. The van der Waals surface area contributed by atoms with E-state index in [1.165, 1.54) is 11.3 Å². The number of aromatic nitrogens is 3. The van der Waals surface area contributed by atoms with Gasteiger partial charge in [0.2, 0.25) is 0 Å². The van der Waals surface area contributed by atoms with Crippen molar-refractivity contribution in [3.63, 3.8) is 0 Å². The van der Waals surface area contributed by atoms with Crippen molar-refractivity contribution < 1.29 is 9.53 Å². The number of hydrogen-bond acceptors (Lipinski definition) is 8. The van der Waals surface area contributed by atoms with Crippen molar-refractivity contribution >= 4 is 44.6 Å². The van der Waals surface area contributed by atoms with Crippen LogP contribution in [0.2, 0.25) is 0 Å². The molecule has 1 N–H and O–H groups in total. The molecule has 1 amide bonds. The van der Waals surface area contributed by atoms with E-state index < -0.39 is 0 Å². The number of nitrogens with zero attached hydrogens (tertiary/aromatic N) is 4. The number of anilines is 1. The Hall–Kier alpha value is -2.10. The molecule has 3 aromatic rings. The Bertz CT molecular complexity index is 1040. The maximum Gasteiger partial charge on any atom is 0.270 e. The van der Waals surface area contributed by atoms with Crippen LogP contribution in [0.4, 0.5) is 5.82 Å². The Kier molecular flexibility index (Phi) is 3.72. The number of nitrogens with one attached hydrogen (secondary N) is 1. The number of ether oxygens (including phenoxy) is 1. The minimum absolute atomic E-state index is 0.0938. The maximum absolute atomic E-state index is 12.3. The Balaban J connectivity index is 1.23. The van der Waals surface area contributed by atoms with Crippen molar-refractivity contribution in [3.05, 3.63) is 34.4 Å². The Morgan fingerprint density at radius 1 is 1.39 bits per heavy atom. The van der Waals surface area contributed by atoms with Crippen molar-refractivity contribution in [1.82, 2.24) is 20.3 Å². The lowest BCUT2D eigenvalue weighted by molar-refractivity contribution is 0.0141. The smallest absolute Gasteiger partial charge is 0.270 e. The van der Waals surface area contributed by atoms with Crippen LogP contribution < -0.4 is 10.2 Å². The molecule has 9 heteroatoms. The molecule has 3 aliphatic rings. The van der Waals surface area contributed by atoms with E-state index >= 15 is 0 Å². The minimum atomic E-state index is -0.103. The average Bonchev–Trinajstić information content (AvgIpc) is 3.51. The number of hydrogen-bond donors (Lipinski definition) is 1. The molecule has 6 heterocycles. The molecule has 3 fully saturated rings. The molecule has 0 saturated carbocycles. The lowest BCUT2D eigenvalue weighted by Crippen LogP contribution is -2.42. The molecule has 4 atom stereocenters. The predicted molar refractivity (Wildman–Crippen MR) is 108 cm³/mol. The molecule has 3 aromatic heterocycles. The number of fused-ring (bicyclic) bond motifs is 2. The van der Waals surface area contributed by atoms with Crippen molar-refractivity contribution in [2.75, 3.05) is 24.5 Å².